The van der Waals surface area contributed by atoms with Gasteiger partial charge in [0.15, 0.2) is 5.69 Å². The molecular formula is C20H18N2O5. The summed E-state index contributed by atoms with van der Waals surface area (Å²) in [5.74, 6) is 0.323. The first kappa shape index (κ1) is 18.2. The second kappa shape index (κ2) is 7.74. The zero-order chi connectivity index (χ0) is 19.4. The van der Waals surface area contributed by atoms with Crippen molar-refractivity contribution in [3.63, 3.8) is 0 Å². The molecule has 1 aromatic heterocycles. The van der Waals surface area contributed by atoms with Crippen LogP contribution in [0, 0.1) is 0 Å². The topological polar surface area (TPSA) is 79.7 Å². The third kappa shape index (κ3) is 3.67. The fraction of sp³-hybridized carbons (Fsp3) is 0.150. The maximum Gasteiger partial charge on any atom is 0.358 e. The Bertz CT molecular complexity index is 959. The van der Waals surface area contributed by atoms with Gasteiger partial charge in [0.25, 0.3) is 0 Å². The number of hydrogen-bond acceptors (Lipinski definition) is 6. The maximum atomic E-state index is 11.9. The SMILES string of the molecule is COC(=O)c1ccc(-n2cc(C(=O)OC)nc2-c2ccc(OC)cc2)cc1. The second-order valence-corrected chi connectivity index (χ2v) is 5.58. The van der Waals surface area contributed by atoms with E-state index in [9.17, 15) is 9.59 Å². The number of benzene rings is 2. The number of carbonyl (C=O) groups is 2. The van der Waals surface area contributed by atoms with Gasteiger partial charge >= 0.3 is 11.9 Å². The van der Waals surface area contributed by atoms with Crippen LogP contribution >= 0.6 is 0 Å². The maximum absolute atomic E-state index is 11.9. The average molecular weight is 366 g/mol. The Balaban J connectivity index is 2.08. The molecule has 7 nitrogen and oxygen atoms in total. The Morgan fingerprint density at radius 3 is 2.04 bits per heavy atom. The minimum Gasteiger partial charge on any atom is -0.497 e. The first-order valence-electron chi connectivity index (χ1n) is 8.08. The number of ether oxygens (including phenoxy) is 3. The molecule has 0 N–H and O–H groups in total. The van der Waals surface area contributed by atoms with E-state index in [0.717, 1.165) is 11.3 Å². The zero-order valence-corrected chi connectivity index (χ0v) is 15.1. The van der Waals surface area contributed by atoms with Crippen molar-refractivity contribution in [1.29, 1.82) is 0 Å². The van der Waals surface area contributed by atoms with E-state index in [1.54, 1.807) is 42.1 Å². The molecule has 27 heavy (non-hydrogen) atoms. The summed E-state index contributed by atoms with van der Waals surface area (Å²) in [6.07, 6.45) is 1.60. The highest BCUT2D eigenvalue weighted by Crippen LogP contribution is 2.25. The van der Waals surface area contributed by atoms with Gasteiger partial charge in [-0.2, -0.15) is 0 Å². The number of carbonyl (C=O) groups excluding carboxylic acids is 2. The molecule has 2 aromatic carbocycles. The summed E-state index contributed by atoms with van der Waals surface area (Å²) in [4.78, 5) is 28.0. The fourth-order valence-electron chi connectivity index (χ4n) is 2.60. The lowest BCUT2D eigenvalue weighted by atomic mass is 10.2. The molecule has 3 rings (SSSR count). The first-order valence-corrected chi connectivity index (χ1v) is 8.08. The van der Waals surface area contributed by atoms with Crippen molar-refractivity contribution in [3.05, 3.63) is 66.0 Å². The summed E-state index contributed by atoms with van der Waals surface area (Å²) in [6, 6.07) is 14.1. The number of aromatic nitrogens is 2. The predicted octanol–water partition coefficient (Wildman–Crippen LogP) is 3.12. The van der Waals surface area contributed by atoms with Crippen molar-refractivity contribution in [1.82, 2.24) is 9.55 Å². The Labute approximate surface area is 156 Å². The van der Waals surface area contributed by atoms with E-state index in [-0.39, 0.29) is 5.69 Å². The van der Waals surface area contributed by atoms with Crippen LogP contribution in [0.1, 0.15) is 20.8 Å². The molecule has 0 amide bonds. The highest BCUT2D eigenvalue weighted by molar-refractivity contribution is 5.90. The van der Waals surface area contributed by atoms with Gasteiger partial charge in [-0.1, -0.05) is 0 Å². The predicted molar refractivity (Wildman–Crippen MR) is 98.2 cm³/mol. The van der Waals surface area contributed by atoms with Crippen LogP contribution in [0.5, 0.6) is 5.75 Å². The molecule has 0 atom stereocenters. The van der Waals surface area contributed by atoms with Gasteiger partial charge in [0.1, 0.15) is 11.6 Å². The van der Waals surface area contributed by atoms with E-state index in [1.165, 1.54) is 14.2 Å². The third-order valence-corrected chi connectivity index (χ3v) is 4.02. The van der Waals surface area contributed by atoms with Gasteiger partial charge in [0, 0.05) is 17.4 Å². The molecule has 0 bridgehead atoms. The fourth-order valence-corrected chi connectivity index (χ4v) is 2.60. The monoisotopic (exact) mass is 366 g/mol. The first-order chi connectivity index (χ1) is 13.1. The van der Waals surface area contributed by atoms with Crippen molar-refractivity contribution in [2.75, 3.05) is 21.3 Å². The molecule has 1 heterocycles. The van der Waals surface area contributed by atoms with Gasteiger partial charge < -0.3 is 14.2 Å². The lowest BCUT2D eigenvalue weighted by Gasteiger charge is -2.09. The molecule has 0 unspecified atom stereocenters. The number of hydrogen-bond donors (Lipinski definition) is 0. The average Bonchev–Trinajstić information content (AvgIpc) is 3.18. The van der Waals surface area contributed by atoms with E-state index in [0.29, 0.717) is 17.1 Å². The van der Waals surface area contributed by atoms with Crippen LogP contribution in [0.4, 0.5) is 0 Å². The number of rotatable bonds is 5. The number of nitrogens with zero attached hydrogens (tertiary/aromatic N) is 2. The molecule has 0 radical (unpaired) electrons. The van der Waals surface area contributed by atoms with Crippen LogP contribution in [0.25, 0.3) is 17.1 Å². The van der Waals surface area contributed by atoms with Gasteiger partial charge in [0.2, 0.25) is 0 Å². The lowest BCUT2D eigenvalue weighted by molar-refractivity contribution is 0.0588. The van der Waals surface area contributed by atoms with E-state index >= 15 is 0 Å². The van der Waals surface area contributed by atoms with Crippen LogP contribution in [-0.4, -0.2) is 42.8 Å². The van der Waals surface area contributed by atoms with Gasteiger partial charge in [0.05, 0.1) is 26.9 Å². The van der Waals surface area contributed by atoms with Gasteiger partial charge in [-0.15, -0.1) is 0 Å². The van der Waals surface area contributed by atoms with E-state index in [1.807, 2.05) is 24.3 Å². The van der Waals surface area contributed by atoms with Gasteiger partial charge in [-0.05, 0) is 48.5 Å². The van der Waals surface area contributed by atoms with Gasteiger partial charge in [-0.3, -0.25) is 4.57 Å². The molecule has 0 saturated heterocycles. The van der Waals surface area contributed by atoms with Crippen molar-refractivity contribution >= 4 is 11.9 Å². The molecule has 0 spiro atoms. The van der Waals surface area contributed by atoms with Crippen molar-refractivity contribution in [2.45, 2.75) is 0 Å². The van der Waals surface area contributed by atoms with Crippen molar-refractivity contribution in [2.24, 2.45) is 0 Å². The van der Waals surface area contributed by atoms with Crippen LogP contribution in [-0.2, 0) is 9.47 Å². The van der Waals surface area contributed by atoms with Crippen LogP contribution in [0.3, 0.4) is 0 Å². The largest absolute Gasteiger partial charge is 0.497 e. The number of esters is 2. The van der Waals surface area contributed by atoms with Crippen molar-refractivity contribution in [3.8, 4) is 22.8 Å². The smallest absolute Gasteiger partial charge is 0.358 e. The molecule has 138 valence electrons. The summed E-state index contributed by atoms with van der Waals surface area (Å²) in [5.41, 5.74) is 2.14. The van der Waals surface area contributed by atoms with E-state index < -0.39 is 11.9 Å². The molecule has 0 fully saturated rings. The van der Waals surface area contributed by atoms with Gasteiger partial charge in [-0.25, -0.2) is 14.6 Å². The van der Waals surface area contributed by atoms with Crippen LogP contribution in [0.15, 0.2) is 54.7 Å². The highest BCUT2D eigenvalue weighted by atomic mass is 16.5. The number of imidazole rings is 1. The zero-order valence-electron chi connectivity index (χ0n) is 15.1. The summed E-state index contributed by atoms with van der Waals surface area (Å²) < 4.78 is 16.4. The molecule has 7 heteroatoms. The molecular weight excluding hydrogens is 348 g/mol. The standard InChI is InChI=1S/C20H18N2O5/c1-25-16-10-6-13(7-11-16)18-21-17(20(24)27-3)12-22(18)15-8-4-14(5-9-15)19(23)26-2/h4-12H,1-3H3. The third-order valence-electron chi connectivity index (χ3n) is 4.02. The lowest BCUT2D eigenvalue weighted by Crippen LogP contribution is -2.02. The van der Waals surface area contributed by atoms with Crippen LogP contribution in [0.2, 0.25) is 0 Å². The Hall–Kier alpha value is -3.61. The van der Waals surface area contributed by atoms with Crippen LogP contribution < -0.4 is 4.74 Å². The molecule has 0 saturated carbocycles. The molecule has 0 aliphatic carbocycles. The Morgan fingerprint density at radius 2 is 1.48 bits per heavy atom. The highest BCUT2D eigenvalue weighted by Gasteiger charge is 2.17. The minimum atomic E-state index is -0.533. The molecule has 0 aliphatic heterocycles. The quantitative estimate of drug-likeness (QED) is 0.646. The van der Waals surface area contributed by atoms with E-state index in [4.69, 9.17) is 14.2 Å². The van der Waals surface area contributed by atoms with Crippen molar-refractivity contribution < 1.29 is 23.8 Å². The molecule has 3 aromatic rings. The summed E-state index contributed by atoms with van der Waals surface area (Å²) >= 11 is 0. The summed E-state index contributed by atoms with van der Waals surface area (Å²) in [6.45, 7) is 0. The summed E-state index contributed by atoms with van der Waals surface area (Å²) in [5, 5.41) is 0. The minimum absolute atomic E-state index is 0.181. The Morgan fingerprint density at radius 1 is 0.852 bits per heavy atom. The normalized spacial score (nSPS) is 10.3. The number of methoxy groups -OCH3 is 3. The molecule has 0 aliphatic rings. The Kier molecular flexibility index (Phi) is 5.21. The van der Waals surface area contributed by atoms with E-state index in [2.05, 4.69) is 4.98 Å². The summed E-state index contributed by atoms with van der Waals surface area (Å²) in [7, 11) is 4.23. The second-order valence-electron chi connectivity index (χ2n) is 5.58.